The molecule has 0 radical (unpaired) electrons. The number of nitrogens with one attached hydrogen (secondary N) is 2. The molecule has 0 unspecified atom stereocenters. The summed E-state index contributed by atoms with van der Waals surface area (Å²) in [5.41, 5.74) is 0.663. The monoisotopic (exact) mass is 337 g/mol. The van der Waals surface area contributed by atoms with Crippen molar-refractivity contribution >= 4 is 28.9 Å². The van der Waals surface area contributed by atoms with Gasteiger partial charge in [0.25, 0.3) is 11.6 Å². The first-order chi connectivity index (χ1) is 11.0. The highest BCUT2D eigenvalue weighted by Crippen LogP contribution is 2.26. The average molecular weight is 338 g/mol. The average Bonchev–Trinajstić information content (AvgIpc) is 2.52. The first kappa shape index (κ1) is 16.7. The maximum Gasteiger partial charge on any atom is 0.271 e. The van der Waals surface area contributed by atoms with E-state index in [1.54, 1.807) is 0 Å². The molecule has 2 N–H and O–H groups in total. The molecule has 0 spiro atoms. The summed E-state index contributed by atoms with van der Waals surface area (Å²) in [6.45, 7) is 0.640. The Hall–Kier alpha value is -2.67. The quantitative estimate of drug-likeness (QED) is 0.481. The number of hydrogen-bond donors (Lipinski definition) is 2. The van der Waals surface area contributed by atoms with Gasteiger partial charge < -0.3 is 10.6 Å². The zero-order valence-electron chi connectivity index (χ0n) is 11.9. The summed E-state index contributed by atoms with van der Waals surface area (Å²) in [4.78, 5) is 21.9. The Balaban J connectivity index is 1.83. The van der Waals surface area contributed by atoms with Gasteiger partial charge in [0.1, 0.15) is 5.82 Å². The summed E-state index contributed by atoms with van der Waals surface area (Å²) < 4.78 is 13.0. The van der Waals surface area contributed by atoms with E-state index < -0.39 is 10.7 Å². The molecule has 8 heteroatoms. The van der Waals surface area contributed by atoms with Gasteiger partial charge in [-0.1, -0.05) is 17.7 Å². The van der Waals surface area contributed by atoms with E-state index in [4.69, 9.17) is 11.6 Å². The normalized spacial score (nSPS) is 10.2. The van der Waals surface area contributed by atoms with Gasteiger partial charge in [-0.3, -0.25) is 14.9 Å². The topological polar surface area (TPSA) is 84.3 Å². The SMILES string of the molecule is O=C(NCCNc1ccc([N+](=O)[O-])cc1Cl)c1cccc(F)c1. The summed E-state index contributed by atoms with van der Waals surface area (Å²) in [6.07, 6.45) is 0. The Kier molecular flexibility index (Phi) is 5.48. The van der Waals surface area contributed by atoms with Crippen molar-refractivity contribution in [2.24, 2.45) is 0 Å². The lowest BCUT2D eigenvalue weighted by molar-refractivity contribution is -0.384. The van der Waals surface area contributed by atoms with Crippen LogP contribution in [0, 0.1) is 15.9 Å². The van der Waals surface area contributed by atoms with Crippen LogP contribution in [0.2, 0.25) is 5.02 Å². The van der Waals surface area contributed by atoms with E-state index in [0.29, 0.717) is 12.2 Å². The maximum atomic E-state index is 13.0. The third kappa shape index (κ3) is 4.65. The van der Waals surface area contributed by atoms with Crippen LogP contribution in [-0.2, 0) is 0 Å². The second-order valence-electron chi connectivity index (χ2n) is 4.61. The highest BCUT2D eigenvalue weighted by molar-refractivity contribution is 6.33. The van der Waals surface area contributed by atoms with Crippen LogP contribution in [-0.4, -0.2) is 23.9 Å². The fourth-order valence-electron chi connectivity index (χ4n) is 1.87. The summed E-state index contributed by atoms with van der Waals surface area (Å²) in [5.74, 6) is -0.866. The number of nitro benzene ring substituents is 1. The van der Waals surface area contributed by atoms with Gasteiger partial charge in [0.2, 0.25) is 0 Å². The van der Waals surface area contributed by atoms with Gasteiger partial charge >= 0.3 is 0 Å². The Morgan fingerprint density at radius 2 is 2.00 bits per heavy atom. The van der Waals surface area contributed by atoms with Gasteiger partial charge in [-0.25, -0.2) is 4.39 Å². The number of carbonyl (C=O) groups excluding carboxylic acids is 1. The molecule has 120 valence electrons. The number of nitrogens with zero attached hydrogens (tertiary/aromatic N) is 1. The largest absolute Gasteiger partial charge is 0.382 e. The van der Waals surface area contributed by atoms with Gasteiger partial charge in [0.15, 0.2) is 0 Å². The summed E-state index contributed by atoms with van der Waals surface area (Å²) in [7, 11) is 0. The zero-order chi connectivity index (χ0) is 16.8. The maximum absolute atomic E-state index is 13.0. The molecule has 0 aliphatic carbocycles. The van der Waals surface area contributed by atoms with E-state index in [1.165, 1.54) is 36.4 Å². The minimum Gasteiger partial charge on any atom is -0.382 e. The molecule has 1 amide bonds. The fourth-order valence-corrected chi connectivity index (χ4v) is 2.11. The van der Waals surface area contributed by atoms with Crippen LogP contribution in [0.5, 0.6) is 0 Å². The van der Waals surface area contributed by atoms with Crippen molar-refractivity contribution in [1.82, 2.24) is 5.32 Å². The molecule has 0 aliphatic rings. The van der Waals surface area contributed by atoms with Crippen molar-refractivity contribution in [3.8, 4) is 0 Å². The minimum atomic E-state index is -0.533. The van der Waals surface area contributed by atoms with Crippen molar-refractivity contribution < 1.29 is 14.1 Å². The van der Waals surface area contributed by atoms with Crippen LogP contribution < -0.4 is 10.6 Å². The highest BCUT2D eigenvalue weighted by Gasteiger charge is 2.09. The molecule has 0 atom stereocenters. The third-order valence-electron chi connectivity index (χ3n) is 2.98. The molecule has 2 aromatic carbocycles. The molecule has 0 saturated carbocycles. The Labute approximate surface area is 136 Å². The molecule has 0 aromatic heterocycles. The van der Waals surface area contributed by atoms with E-state index in [-0.39, 0.29) is 28.7 Å². The molecule has 0 fully saturated rings. The number of amides is 1. The van der Waals surface area contributed by atoms with E-state index in [0.717, 1.165) is 6.07 Å². The van der Waals surface area contributed by atoms with Gasteiger partial charge in [-0.2, -0.15) is 0 Å². The number of non-ortho nitro benzene ring substituents is 1. The molecule has 0 saturated heterocycles. The van der Waals surface area contributed by atoms with Crippen LogP contribution in [0.15, 0.2) is 42.5 Å². The van der Waals surface area contributed by atoms with E-state index in [1.807, 2.05) is 0 Å². The van der Waals surface area contributed by atoms with Gasteiger partial charge in [-0.15, -0.1) is 0 Å². The highest BCUT2D eigenvalue weighted by atomic mass is 35.5. The second kappa shape index (κ2) is 7.55. The zero-order valence-corrected chi connectivity index (χ0v) is 12.6. The smallest absolute Gasteiger partial charge is 0.271 e. The van der Waals surface area contributed by atoms with Gasteiger partial charge in [0, 0.05) is 30.8 Å². The van der Waals surface area contributed by atoms with Crippen molar-refractivity contribution in [3.63, 3.8) is 0 Å². The summed E-state index contributed by atoms with van der Waals surface area (Å²) >= 11 is 5.93. The van der Waals surface area contributed by atoms with E-state index >= 15 is 0 Å². The van der Waals surface area contributed by atoms with Crippen molar-refractivity contribution in [1.29, 1.82) is 0 Å². The van der Waals surface area contributed by atoms with Crippen LogP contribution in [0.4, 0.5) is 15.8 Å². The van der Waals surface area contributed by atoms with Gasteiger partial charge in [-0.05, 0) is 24.3 Å². The standard InChI is InChI=1S/C15H13ClFN3O3/c16-13-9-12(20(22)23)4-5-14(13)18-6-7-19-15(21)10-2-1-3-11(17)8-10/h1-5,8-9,18H,6-7H2,(H,19,21). The Morgan fingerprint density at radius 1 is 1.22 bits per heavy atom. The molecule has 23 heavy (non-hydrogen) atoms. The number of nitro groups is 1. The molecular weight excluding hydrogens is 325 g/mol. The Bertz CT molecular complexity index is 740. The van der Waals surface area contributed by atoms with E-state index in [2.05, 4.69) is 10.6 Å². The third-order valence-corrected chi connectivity index (χ3v) is 3.29. The van der Waals surface area contributed by atoms with Crippen LogP contribution in [0.1, 0.15) is 10.4 Å². The van der Waals surface area contributed by atoms with Crippen LogP contribution in [0.3, 0.4) is 0 Å². The van der Waals surface area contributed by atoms with E-state index in [9.17, 15) is 19.3 Å². The molecule has 0 aliphatic heterocycles. The Morgan fingerprint density at radius 3 is 2.65 bits per heavy atom. The number of carbonyl (C=O) groups is 1. The molecule has 2 rings (SSSR count). The lowest BCUT2D eigenvalue weighted by Gasteiger charge is -2.09. The molecule has 0 heterocycles. The predicted molar refractivity (Wildman–Crippen MR) is 85.3 cm³/mol. The van der Waals surface area contributed by atoms with Crippen molar-refractivity contribution in [2.45, 2.75) is 0 Å². The lowest BCUT2D eigenvalue weighted by Crippen LogP contribution is -2.28. The second-order valence-corrected chi connectivity index (χ2v) is 5.02. The lowest BCUT2D eigenvalue weighted by atomic mass is 10.2. The number of halogens is 2. The molecule has 0 bridgehead atoms. The molecule has 2 aromatic rings. The first-order valence-corrected chi connectivity index (χ1v) is 7.07. The first-order valence-electron chi connectivity index (χ1n) is 6.69. The number of anilines is 1. The number of hydrogen-bond acceptors (Lipinski definition) is 4. The summed E-state index contributed by atoms with van der Waals surface area (Å²) in [5, 5.41) is 16.4. The van der Waals surface area contributed by atoms with Crippen LogP contribution in [0.25, 0.3) is 0 Å². The van der Waals surface area contributed by atoms with Gasteiger partial charge in [0.05, 0.1) is 15.6 Å². The van der Waals surface area contributed by atoms with Crippen molar-refractivity contribution in [3.05, 3.63) is 69.0 Å². The minimum absolute atomic E-state index is 0.0973. The molecular formula is C15H13ClFN3O3. The van der Waals surface area contributed by atoms with Crippen molar-refractivity contribution in [2.75, 3.05) is 18.4 Å². The summed E-state index contributed by atoms with van der Waals surface area (Å²) in [6, 6.07) is 9.45. The fraction of sp³-hybridized carbons (Fsp3) is 0.133. The number of rotatable bonds is 6. The predicted octanol–water partition coefficient (Wildman–Crippen LogP) is 3.23. The van der Waals surface area contributed by atoms with Crippen LogP contribution >= 0.6 is 11.6 Å². The number of benzene rings is 2. The molecule has 6 nitrogen and oxygen atoms in total.